The molecule has 0 spiro atoms. The van der Waals surface area contributed by atoms with Crippen LogP contribution in [0.4, 0.5) is 0 Å². The largest absolute Gasteiger partial charge is 0.352 e. The summed E-state index contributed by atoms with van der Waals surface area (Å²) in [4.78, 5) is 12.0. The van der Waals surface area contributed by atoms with E-state index < -0.39 is 0 Å². The van der Waals surface area contributed by atoms with Crippen LogP contribution in [0.3, 0.4) is 0 Å². The van der Waals surface area contributed by atoms with Gasteiger partial charge < -0.3 is 5.32 Å². The van der Waals surface area contributed by atoms with E-state index in [9.17, 15) is 4.79 Å². The summed E-state index contributed by atoms with van der Waals surface area (Å²) in [5.41, 5.74) is 4.27. The third-order valence-electron chi connectivity index (χ3n) is 2.76. The van der Waals surface area contributed by atoms with E-state index in [0.717, 1.165) is 23.1 Å². The average molecular weight is 259 g/mol. The highest BCUT2D eigenvalue weighted by atomic mass is 32.1. The molecule has 0 atom stereocenters. The molecule has 0 saturated carbocycles. The van der Waals surface area contributed by atoms with Crippen LogP contribution in [-0.4, -0.2) is 12.5 Å². The van der Waals surface area contributed by atoms with Gasteiger partial charge in [-0.15, -0.1) is 0 Å². The van der Waals surface area contributed by atoms with Gasteiger partial charge in [-0.05, 0) is 54.8 Å². The van der Waals surface area contributed by atoms with Crippen molar-refractivity contribution in [1.82, 2.24) is 5.32 Å². The smallest absolute Gasteiger partial charge is 0.251 e. The first-order chi connectivity index (χ1) is 8.65. The molecular weight excluding hydrogens is 242 g/mol. The topological polar surface area (TPSA) is 29.1 Å². The molecule has 2 rings (SSSR count). The van der Waals surface area contributed by atoms with Crippen LogP contribution in [0.15, 0.2) is 35.0 Å². The Morgan fingerprint density at radius 2 is 1.94 bits per heavy atom. The van der Waals surface area contributed by atoms with E-state index in [1.807, 2.05) is 26.0 Å². The Balaban J connectivity index is 1.91. The fourth-order valence-electron chi connectivity index (χ4n) is 1.96. The summed E-state index contributed by atoms with van der Waals surface area (Å²) in [6.07, 6.45) is 0.889. The summed E-state index contributed by atoms with van der Waals surface area (Å²) in [7, 11) is 0. The molecule has 0 aliphatic carbocycles. The first-order valence-corrected chi connectivity index (χ1v) is 6.97. The van der Waals surface area contributed by atoms with E-state index in [1.54, 1.807) is 11.3 Å². The first kappa shape index (κ1) is 12.8. The number of thiophene rings is 1. The molecule has 1 N–H and O–H groups in total. The maximum Gasteiger partial charge on any atom is 0.251 e. The standard InChI is InChI=1S/C15H17NOS/c1-11-7-12(2)9-14(8-11)15(17)16-5-3-13-4-6-18-10-13/h4,6-10H,3,5H2,1-2H3,(H,16,17). The zero-order valence-corrected chi connectivity index (χ0v) is 11.5. The van der Waals surface area contributed by atoms with Gasteiger partial charge in [-0.2, -0.15) is 11.3 Å². The Morgan fingerprint density at radius 3 is 2.56 bits per heavy atom. The number of carbonyl (C=O) groups excluding carboxylic acids is 1. The monoisotopic (exact) mass is 259 g/mol. The van der Waals surface area contributed by atoms with Crippen molar-refractivity contribution in [3.05, 3.63) is 57.3 Å². The number of aryl methyl sites for hydroxylation is 2. The summed E-state index contributed by atoms with van der Waals surface area (Å²) in [6.45, 7) is 4.70. The fraction of sp³-hybridized carbons (Fsp3) is 0.267. The second-order valence-electron chi connectivity index (χ2n) is 4.51. The molecule has 18 heavy (non-hydrogen) atoms. The Kier molecular flexibility index (Phi) is 4.15. The van der Waals surface area contributed by atoms with Crippen LogP contribution in [0.5, 0.6) is 0 Å². The highest BCUT2D eigenvalue weighted by Crippen LogP contribution is 2.09. The molecule has 0 unspecified atom stereocenters. The van der Waals surface area contributed by atoms with Crippen molar-refractivity contribution in [2.75, 3.05) is 6.54 Å². The molecular formula is C15H17NOS. The van der Waals surface area contributed by atoms with Gasteiger partial charge in [0.15, 0.2) is 0 Å². The number of hydrogen-bond donors (Lipinski definition) is 1. The second kappa shape index (κ2) is 5.83. The van der Waals surface area contributed by atoms with Crippen molar-refractivity contribution in [1.29, 1.82) is 0 Å². The number of carbonyl (C=O) groups is 1. The summed E-state index contributed by atoms with van der Waals surface area (Å²) in [5.74, 6) is 0.0111. The lowest BCUT2D eigenvalue weighted by molar-refractivity contribution is 0.0954. The van der Waals surface area contributed by atoms with Gasteiger partial charge in [-0.3, -0.25) is 4.79 Å². The van der Waals surface area contributed by atoms with E-state index in [4.69, 9.17) is 0 Å². The van der Waals surface area contributed by atoms with E-state index in [1.165, 1.54) is 5.56 Å². The van der Waals surface area contributed by atoms with Crippen LogP contribution in [0.1, 0.15) is 27.0 Å². The third-order valence-corrected chi connectivity index (χ3v) is 3.50. The van der Waals surface area contributed by atoms with Crippen LogP contribution >= 0.6 is 11.3 Å². The lowest BCUT2D eigenvalue weighted by Gasteiger charge is -2.06. The Morgan fingerprint density at radius 1 is 1.22 bits per heavy atom. The molecule has 2 nitrogen and oxygen atoms in total. The molecule has 1 aromatic heterocycles. The normalized spacial score (nSPS) is 10.3. The van der Waals surface area contributed by atoms with Gasteiger partial charge >= 0.3 is 0 Å². The number of nitrogens with one attached hydrogen (secondary N) is 1. The molecule has 1 heterocycles. The van der Waals surface area contributed by atoms with Crippen LogP contribution in [0.25, 0.3) is 0 Å². The van der Waals surface area contributed by atoms with E-state index in [0.29, 0.717) is 6.54 Å². The highest BCUT2D eigenvalue weighted by Gasteiger charge is 2.06. The van der Waals surface area contributed by atoms with E-state index in [2.05, 4.69) is 28.2 Å². The van der Waals surface area contributed by atoms with Gasteiger partial charge in [-0.25, -0.2) is 0 Å². The fourth-order valence-corrected chi connectivity index (χ4v) is 2.67. The van der Waals surface area contributed by atoms with Gasteiger partial charge in [0.05, 0.1) is 0 Å². The van der Waals surface area contributed by atoms with Crippen LogP contribution < -0.4 is 5.32 Å². The minimum absolute atomic E-state index is 0.0111. The van der Waals surface area contributed by atoms with Crippen LogP contribution in [-0.2, 0) is 6.42 Å². The quantitative estimate of drug-likeness (QED) is 0.896. The molecule has 0 aliphatic heterocycles. The summed E-state index contributed by atoms with van der Waals surface area (Å²) < 4.78 is 0. The molecule has 0 radical (unpaired) electrons. The van der Waals surface area contributed by atoms with Crippen molar-refractivity contribution in [2.45, 2.75) is 20.3 Å². The number of rotatable bonds is 4. The maximum absolute atomic E-state index is 12.0. The van der Waals surface area contributed by atoms with Gasteiger partial charge in [0.1, 0.15) is 0 Å². The predicted octanol–water partition coefficient (Wildman–Crippen LogP) is 3.34. The molecule has 0 aliphatic rings. The number of amides is 1. The minimum Gasteiger partial charge on any atom is -0.352 e. The van der Waals surface area contributed by atoms with Gasteiger partial charge in [-0.1, -0.05) is 17.2 Å². The SMILES string of the molecule is Cc1cc(C)cc(C(=O)NCCc2ccsc2)c1. The van der Waals surface area contributed by atoms with Crippen molar-refractivity contribution in [3.63, 3.8) is 0 Å². The lowest BCUT2D eigenvalue weighted by atomic mass is 10.1. The van der Waals surface area contributed by atoms with Crippen molar-refractivity contribution in [2.24, 2.45) is 0 Å². The minimum atomic E-state index is 0.0111. The predicted molar refractivity (Wildman–Crippen MR) is 76.3 cm³/mol. The van der Waals surface area contributed by atoms with Crippen molar-refractivity contribution < 1.29 is 4.79 Å². The highest BCUT2D eigenvalue weighted by molar-refractivity contribution is 7.07. The van der Waals surface area contributed by atoms with Crippen molar-refractivity contribution in [3.8, 4) is 0 Å². The average Bonchev–Trinajstić information content (AvgIpc) is 2.80. The maximum atomic E-state index is 12.0. The molecule has 3 heteroatoms. The number of benzene rings is 1. The molecule has 0 fully saturated rings. The molecule has 94 valence electrons. The lowest BCUT2D eigenvalue weighted by Crippen LogP contribution is -2.25. The van der Waals surface area contributed by atoms with Gasteiger partial charge in [0.25, 0.3) is 5.91 Å². The van der Waals surface area contributed by atoms with E-state index >= 15 is 0 Å². The molecule has 1 aromatic carbocycles. The third kappa shape index (κ3) is 3.44. The molecule has 0 bridgehead atoms. The molecule has 2 aromatic rings. The van der Waals surface area contributed by atoms with Crippen LogP contribution in [0, 0.1) is 13.8 Å². The summed E-state index contributed by atoms with van der Waals surface area (Å²) in [6, 6.07) is 8.01. The summed E-state index contributed by atoms with van der Waals surface area (Å²) in [5, 5.41) is 7.13. The first-order valence-electron chi connectivity index (χ1n) is 6.03. The van der Waals surface area contributed by atoms with Crippen molar-refractivity contribution >= 4 is 17.2 Å². The Bertz CT molecular complexity index is 511. The van der Waals surface area contributed by atoms with E-state index in [-0.39, 0.29) is 5.91 Å². The Hall–Kier alpha value is -1.61. The Labute approximate surface area is 112 Å². The second-order valence-corrected chi connectivity index (χ2v) is 5.29. The number of hydrogen-bond acceptors (Lipinski definition) is 2. The van der Waals surface area contributed by atoms with Crippen LogP contribution in [0.2, 0.25) is 0 Å². The van der Waals surface area contributed by atoms with Gasteiger partial charge in [0.2, 0.25) is 0 Å². The molecule has 0 saturated heterocycles. The van der Waals surface area contributed by atoms with Gasteiger partial charge in [0, 0.05) is 12.1 Å². The summed E-state index contributed by atoms with van der Waals surface area (Å²) >= 11 is 1.69. The zero-order valence-electron chi connectivity index (χ0n) is 10.7. The molecule has 1 amide bonds. The zero-order chi connectivity index (χ0) is 13.0.